The van der Waals surface area contributed by atoms with Crippen molar-refractivity contribution < 1.29 is 13.2 Å². The number of carbonyl (C=O) groups excluding carboxylic acids is 1. The molecule has 0 atom stereocenters. The standard InChI is InChI=1S/C15H13N3O3S2/c1-23(20,21)8-10-3-2-4-11(7-10)15(19)18-14-13-12(5-6-22-13)16-9-17-14/h2-7,9H,8H2,1H3,(H,16,17,18,19). The highest BCUT2D eigenvalue weighted by atomic mass is 32.2. The van der Waals surface area contributed by atoms with E-state index < -0.39 is 9.84 Å². The van der Waals surface area contributed by atoms with E-state index >= 15 is 0 Å². The molecule has 0 radical (unpaired) electrons. The van der Waals surface area contributed by atoms with Crippen LogP contribution in [0.2, 0.25) is 0 Å². The van der Waals surface area contributed by atoms with Crippen LogP contribution in [-0.4, -0.2) is 30.5 Å². The summed E-state index contributed by atoms with van der Waals surface area (Å²) in [5, 5.41) is 4.63. The van der Waals surface area contributed by atoms with Gasteiger partial charge in [0.1, 0.15) is 6.33 Å². The first kappa shape index (κ1) is 15.6. The number of rotatable bonds is 4. The van der Waals surface area contributed by atoms with Crippen molar-refractivity contribution in [2.45, 2.75) is 5.75 Å². The molecule has 0 fully saturated rings. The van der Waals surface area contributed by atoms with E-state index in [1.54, 1.807) is 24.3 Å². The average Bonchev–Trinajstić information content (AvgIpc) is 2.95. The van der Waals surface area contributed by atoms with Crippen molar-refractivity contribution in [1.82, 2.24) is 9.97 Å². The Kier molecular flexibility index (Phi) is 4.10. The minimum atomic E-state index is -3.15. The van der Waals surface area contributed by atoms with Crippen molar-refractivity contribution in [3.05, 3.63) is 53.2 Å². The Labute approximate surface area is 137 Å². The molecule has 118 valence electrons. The van der Waals surface area contributed by atoms with E-state index in [9.17, 15) is 13.2 Å². The van der Waals surface area contributed by atoms with Crippen molar-refractivity contribution in [3.63, 3.8) is 0 Å². The minimum absolute atomic E-state index is 0.100. The summed E-state index contributed by atoms with van der Waals surface area (Å²) in [6, 6.07) is 8.40. The van der Waals surface area contributed by atoms with Gasteiger partial charge in [-0.2, -0.15) is 0 Å². The lowest BCUT2D eigenvalue weighted by Gasteiger charge is -2.07. The maximum absolute atomic E-state index is 12.4. The third-order valence-electron chi connectivity index (χ3n) is 3.09. The van der Waals surface area contributed by atoms with Gasteiger partial charge in [0.2, 0.25) is 0 Å². The van der Waals surface area contributed by atoms with Crippen LogP contribution in [0.1, 0.15) is 15.9 Å². The van der Waals surface area contributed by atoms with Gasteiger partial charge in [0.25, 0.3) is 5.91 Å². The Morgan fingerprint density at radius 1 is 1.26 bits per heavy atom. The van der Waals surface area contributed by atoms with Gasteiger partial charge in [-0.1, -0.05) is 12.1 Å². The lowest BCUT2D eigenvalue weighted by atomic mass is 10.1. The van der Waals surface area contributed by atoms with Gasteiger partial charge in [0.05, 0.1) is 16.0 Å². The van der Waals surface area contributed by atoms with Gasteiger partial charge in [0.15, 0.2) is 15.7 Å². The van der Waals surface area contributed by atoms with Crippen molar-refractivity contribution in [3.8, 4) is 0 Å². The molecule has 1 aromatic carbocycles. The molecule has 8 heteroatoms. The zero-order valence-corrected chi connectivity index (χ0v) is 13.8. The second-order valence-electron chi connectivity index (χ2n) is 5.08. The van der Waals surface area contributed by atoms with Crippen LogP contribution < -0.4 is 5.32 Å². The maximum Gasteiger partial charge on any atom is 0.256 e. The molecule has 23 heavy (non-hydrogen) atoms. The van der Waals surface area contributed by atoms with Gasteiger partial charge in [-0.25, -0.2) is 18.4 Å². The molecule has 1 N–H and O–H groups in total. The quantitative estimate of drug-likeness (QED) is 0.783. The molecule has 0 spiro atoms. The number of benzene rings is 1. The number of thiophene rings is 1. The highest BCUT2D eigenvalue weighted by Crippen LogP contribution is 2.25. The predicted octanol–water partition coefficient (Wildman–Crippen LogP) is 2.49. The molecule has 0 aliphatic rings. The average molecular weight is 347 g/mol. The molecular formula is C15H13N3O3S2. The van der Waals surface area contributed by atoms with Crippen LogP contribution in [0, 0.1) is 0 Å². The summed E-state index contributed by atoms with van der Waals surface area (Å²) in [5.74, 6) is 0.00818. The van der Waals surface area contributed by atoms with E-state index in [4.69, 9.17) is 0 Å². The number of aromatic nitrogens is 2. The molecule has 2 heterocycles. The van der Waals surface area contributed by atoms with Gasteiger partial charge in [-0.3, -0.25) is 4.79 Å². The lowest BCUT2D eigenvalue weighted by Crippen LogP contribution is -2.13. The van der Waals surface area contributed by atoms with Gasteiger partial charge in [-0.15, -0.1) is 11.3 Å². The van der Waals surface area contributed by atoms with E-state index in [0.717, 1.165) is 16.5 Å². The summed E-state index contributed by atoms with van der Waals surface area (Å²) in [7, 11) is -3.15. The summed E-state index contributed by atoms with van der Waals surface area (Å²) in [4.78, 5) is 20.6. The van der Waals surface area contributed by atoms with Gasteiger partial charge in [-0.05, 0) is 29.1 Å². The number of amides is 1. The number of hydrogen-bond donors (Lipinski definition) is 1. The minimum Gasteiger partial charge on any atom is -0.305 e. The topological polar surface area (TPSA) is 89.0 Å². The molecule has 0 saturated heterocycles. The first-order valence-corrected chi connectivity index (χ1v) is 9.62. The fourth-order valence-corrected chi connectivity index (χ4v) is 3.74. The number of hydrogen-bond acceptors (Lipinski definition) is 6. The smallest absolute Gasteiger partial charge is 0.256 e. The third kappa shape index (κ3) is 3.72. The highest BCUT2D eigenvalue weighted by molar-refractivity contribution is 7.89. The lowest BCUT2D eigenvalue weighted by molar-refractivity contribution is 0.102. The van der Waals surface area contributed by atoms with Crippen LogP contribution in [-0.2, 0) is 15.6 Å². The number of fused-ring (bicyclic) bond motifs is 1. The molecule has 0 saturated carbocycles. The molecular weight excluding hydrogens is 334 g/mol. The Bertz CT molecular complexity index is 980. The number of anilines is 1. The van der Waals surface area contributed by atoms with E-state index in [1.807, 2.05) is 11.4 Å². The van der Waals surface area contributed by atoms with Gasteiger partial charge < -0.3 is 5.32 Å². The molecule has 2 aromatic heterocycles. The summed E-state index contributed by atoms with van der Waals surface area (Å²) < 4.78 is 23.5. The highest BCUT2D eigenvalue weighted by Gasteiger charge is 2.12. The summed E-state index contributed by atoms with van der Waals surface area (Å²) >= 11 is 1.44. The largest absolute Gasteiger partial charge is 0.305 e. The monoisotopic (exact) mass is 347 g/mol. The first-order valence-electron chi connectivity index (χ1n) is 6.68. The molecule has 0 bridgehead atoms. The predicted molar refractivity (Wildman–Crippen MR) is 90.4 cm³/mol. The fourth-order valence-electron chi connectivity index (χ4n) is 2.16. The first-order chi connectivity index (χ1) is 10.9. The van der Waals surface area contributed by atoms with Crippen LogP contribution in [0.3, 0.4) is 0 Å². The van der Waals surface area contributed by atoms with Crippen molar-refractivity contribution in [1.29, 1.82) is 0 Å². The van der Waals surface area contributed by atoms with Crippen molar-refractivity contribution >= 4 is 43.1 Å². The Balaban J connectivity index is 1.86. The van der Waals surface area contributed by atoms with Crippen LogP contribution in [0.4, 0.5) is 5.82 Å². The van der Waals surface area contributed by atoms with E-state index in [1.165, 1.54) is 17.7 Å². The van der Waals surface area contributed by atoms with E-state index in [-0.39, 0.29) is 11.7 Å². The van der Waals surface area contributed by atoms with Crippen LogP contribution >= 0.6 is 11.3 Å². The second kappa shape index (κ2) is 6.05. The van der Waals surface area contributed by atoms with Crippen molar-refractivity contribution in [2.24, 2.45) is 0 Å². The fraction of sp³-hybridized carbons (Fsp3) is 0.133. The van der Waals surface area contributed by atoms with Crippen molar-refractivity contribution in [2.75, 3.05) is 11.6 Å². The Morgan fingerprint density at radius 3 is 2.87 bits per heavy atom. The molecule has 6 nitrogen and oxygen atoms in total. The summed E-state index contributed by atoms with van der Waals surface area (Å²) in [5.41, 5.74) is 1.73. The van der Waals surface area contributed by atoms with Crippen LogP contribution in [0.15, 0.2) is 42.0 Å². The summed E-state index contributed by atoms with van der Waals surface area (Å²) in [6.07, 6.45) is 2.55. The van der Waals surface area contributed by atoms with Crippen LogP contribution in [0.5, 0.6) is 0 Å². The second-order valence-corrected chi connectivity index (χ2v) is 8.14. The third-order valence-corrected chi connectivity index (χ3v) is 4.86. The van der Waals surface area contributed by atoms with Crippen LogP contribution in [0.25, 0.3) is 10.2 Å². The van der Waals surface area contributed by atoms with E-state index in [0.29, 0.717) is 16.9 Å². The molecule has 3 aromatic rings. The molecule has 3 rings (SSSR count). The number of nitrogens with one attached hydrogen (secondary N) is 1. The summed E-state index contributed by atoms with van der Waals surface area (Å²) in [6.45, 7) is 0. The zero-order valence-electron chi connectivity index (χ0n) is 12.2. The maximum atomic E-state index is 12.4. The Morgan fingerprint density at radius 2 is 2.09 bits per heavy atom. The molecule has 0 aliphatic heterocycles. The SMILES string of the molecule is CS(=O)(=O)Cc1cccc(C(=O)Nc2ncnc3ccsc23)c1. The number of carbonyl (C=O) groups is 1. The number of nitrogens with zero attached hydrogens (tertiary/aromatic N) is 2. The molecule has 0 aliphatic carbocycles. The molecule has 1 amide bonds. The van der Waals surface area contributed by atoms with E-state index in [2.05, 4.69) is 15.3 Å². The van der Waals surface area contributed by atoms with Gasteiger partial charge in [0, 0.05) is 11.8 Å². The Hall–Kier alpha value is -2.32. The number of sulfone groups is 1. The normalized spacial score (nSPS) is 11.5. The zero-order chi connectivity index (χ0) is 16.4. The van der Waals surface area contributed by atoms with Gasteiger partial charge >= 0.3 is 0 Å². The molecule has 0 unspecified atom stereocenters.